The quantitative estimate of drug-likeness (QED) is 0.255. The van der Waals surface area contributed by atoms with E-state index in [0.717, 1.165) is 10.2 Å². The summed E-state index contributed by atoms with van der Waals surface area (Å²) in [6.45, 7) is 2.33. The van der Waals surface area contributed by atoms with Gasteiger partial charge in [-0.2, -0.15) is 0 Å². The number of thiophene rings is 2. The van der Waals surface area contributed by atoms with E-state index in [0.29, 0.717) is 5.92 Å². The lowest BCUT2D eigenvalue weighted by Gasteiger charge is -2.28. The smallest absolute Gasteiger partial charge is 0.0951 e. The van der Waals surface area contributed by atoms with Gasteiger partial charge in [0.1, 0.15) is 0 Å². The van der Waals surface area contributed by atoms with Gasteiger partial charge in [-0.05, 0) is 74.0 Å². The van der Waals surface area contributed by atoms with Gasteiger partial charge in [0.05, 0.1) is 18.9 Å². The molecule has 0 fully saturated rings. The zero-order valence-electron chi connectivity index (χ0n) is 15.2. The SMILES string of the molecule is CC1CC=Cc2sc(Br)c(N(c3ccccc3)c3c(Br)sc4ccccc34)c21. The van der Waals surface area contributed by atoms with Crippen molar-refractivity contribution in [2.24, 2.45) is 0 Å². The van der Waals surface area contributed by atoms with Gasteiger partial charge in [0.2, 0.25) is 0 Å². The van der Waals surface area contributed by atoms with Gasteiger partial charge >= 0.3 is 0 Å². The summed E-state index contributed by atoms with van der Waals surface area (Å²) >= 11 is 11.4. The maximum atomic E-state index is 3.91. The van der Waals surface area contributed by atoms with E-state index >= 15 is 0 Å². The Morgan fingerprint density at radius 1 is 0.893 bits per heavy atom. The highest BCUT2D eigenvalue weighted by molar-refractivity contribution is 9.11. The van der Waals surface area contributed by atoms with Crippen LogP contribution in [0.25, 0.3) is 16.2 Å². The number of hydrogen-bond acceptors (Lipinski definition) is 3. The molecule has 5 rings (SSSR count). The topological polar surface area (TPSA) is 3.24 Å². The molecule has 5 heteroatoms. The Morgan fingerprint density at radius 3 is 2.43 bits per heavy atom. The third-order valence-electron chi connectivity index (χ3n) is 5.15. The summed E-state index contributed by atoms with van der Waals surface area (Å²) in [5, 5.41) is 1.27. The van der Waals surface area contributed by atoms with Gasteiger partial charge in [0.25, 0.3) is 0 Å². The summed E-state index contributed by atoms with van der Waals surface area (Å²) in [4.78, 5) is 3.79. The number of nitrogens with zero attached hydrogens (tertiary/aromatic N) is 1. The molecule has 1 aliphatic carbocycles. The normalized spacial score (nSPS) is 15.8. The predicted molar refractivity (Wildman–Crippen MR) is 132 cm³/mol. The summed E-state index contributed by atoms with van der Waals surface area (Å²) < 4.78 is 3.63. The Labute approximate surface area is 189 Å². The van der Waals surface area contributed by atoms with Crippen LogP contribution in [0.1, 0.15) is 29.7 Å². The summed E-state index contributed by atoms with van der Waals surface area (Å²) in [5.74, 6) is 0.493. The second-order valence-electron chi connectivity index (χ2n) is 6.93. The first-order chi connectivity index (χ1) is 13.6. The van der Waals surface area contributed by atoms with Crippen molar-refractivity contribution in [1.82, 2.24) is 0 Å². The van der Waals surface area contributed by atoms with E-state index in [9.17, 15) is 0 Å². The van der Waals surface area contributed by atoms with Crippen LogP contribution in [-0.4, -0.2) is 0 Å². The molecule has 0 bridgehead atoms. The summed E-state index contributed by atoms with van der Waals surface area (Å²) in [5.41, 5.74) is 5.10. The molecule has 0 amide bonds. The zero-order chi connectivity index (χ0) is 19.3. The maximum absolute atomic E-state index is 3.91. The van der Waals surface area contributed by atoms with Crippen LogP contribution < -0.4 is 4.90 Å². The Bertz CT molecular complexity index is 1190. The average Bonchev–Trinajstić information content (AvgIpc) is 3.21. The average molecular weight is 531 g/mol. The number of para-hydroxylation sites is 1. The molecule has 1 nitrogen and oxygen atoms in total. The zero-order valence-corrected chi connectivity index (χ0v) is 20.0. The van der Waals surface area contributed by atoms with Gasteiger partial charge in [-0.1, -0.05) is 49.4 Å². The number of benzene rings is 2. The lowest BCUT2D eigenvalue weighted by molar-refractivity contribution is 0.776. The highest BCUT2D eigenvalue weighted by atomic mass is 79.9. The van der Waals surface area contributed by atoms with E-state index in [2.05, 4.69) is 110 Å². The van der Waals surface area contributed by atoms with Crippen molar-refractivity contribution in [3.05, 3.63) is 78.7 Å². The third kappa shape index (κ3) is 3.00. The van der Waals surface area contributed by atoms with Crippen LogP contribution in [0.4, 0.5) is 17.1 Å². The molecule has 0 saturated heterocycles. The first-order valence-electron chi connectivity index (χ1n) is 9.16. The van der Waals surface area contributed by atoms with E-state index in [1.165, 1.54) is 41.4 Å². The molecule has 0 aliphatic heterocycles. The highest BCUT2D eigenvalue weighted by Gasteiger charge is 2.30. The molecule has 0 spiro atoms. The molecule has 0 radical (unpaired) electrons. The van der Waals surface area contributed by atoms with E-state index in [-0.39, 0.29) is 0 Å². The highest BCUT2D eigenvalue weighted by Crippen LogP contribution is 2.55. The van der Waals surface area contributed by atoms with Crippen molar-refractivity contribution >= 4 is 87.8 Å². The number of rotatable bonds is 3. The number of allylic oxidation sites excluding steroid dienone is 1. The molecule has 1 aliphatic rings. The van der Waals surface area contributed by atoms with Gasteiger partial charge in [-0.3, -0.25) is 0 Å². The minimum atomic E-state index is 0.493. The lowest BCUT2D eigenvalue weighted by Crippen LogP contribution is -2.13. The fourth-order valence-electron chi connectivity index (χ4n) is 3.89. The van der Waals surface area contributed by atoms with Gasteiger partial charge in [-0.25, -0.2) is 0 Å². The summed E-state index contributed by atoms with van der Waals surface area (Å²) in [6.07, 6.45) is 5.65. The summed E-state index contributed by atoms with van der Waals surface area (Å²) in [7, 11) is 0. The second kappa shape index (κ2) is 7.45. The van der Waals surface area contributed by atoms with E-state index in [1.807, 2.05) is 11.3 Å². The largest absolute Gasteiger partial charge is 0.306 e. The van der Waals surface area contributed by atoms with Gasteiger partial charge in [-0.15, -0.1) is 22.7 Å². The molecule has 4 aromatic rings. The van der Waals surface area contributed by atoms with E-state index in [1.54, 1.807) is 11.3 Å². The van der Waals surface area contributed by atoms with Crippen molar-refractivity contribution in [3.63, 3.8) is 0 Å². The van der Waals surface area contributed by atoms with Crippen molar-refractivity contribution in [2.75, 3.05) is 4.90 Å². The molecule has 2 aromatic carbocycles. The first-order valence-corrected chi connectivity index (χ1v) is 12.4. The Morgan fingerprint density at radius 2 is 1.61 bits per heavy atom. The van der Waals surface area contributed by atoms with Crippen LogP contribution in [0, 0.1) is 0 Å². The summed E-state index contributed by atoms with van der Waals surface area (Å²) in [6, 6.07) is 19.3. The second-order valence-corrected chi connectivity index (χ2v) is 11.7. The number of halogens is 2. The van der Waals surface area contributed by atoms with Crippen molar-refractivity contribution < 1.29 is 0 Å². The third-order valence-corrected chi connectivity index (χ3v) is 8.77. The van der Waals surface area contributed by atoms with Crippen LogP contribution >= 0.6 is 54.5 Å². The van der Waals surface area contributed by atoms with Crippen molar-refractivity contribution in [3.8, 4) is 0 Å². The number of anilines is 3. The lowest BCUT2D eigenvalue weighted by atomic mass is 9.92. The number of fused-ring (bicyclic) bond motifs is 2. The van der Waals surface area contributed by atoms with E-state index in [4.69, 9.17) is 0 Å². The fraction of sp³-hybridized carbons (Fsp3) is 0.130. The van der Waals surface area contributed by atoms with Gasteiger partial charge < -0.3 is 4.90 Å². The molecule has 0 saturated carbocycles. The van der Waals surface area contributed by atoms with E-state index < -0.39 is 0 Å². The van der Waals surface area contributed by atoms with Crippen LogP contribution in [0.5, 0.6) is 0 Å². The standard InChI is InChI=1S/C23H17Br2NS2/c1-14-8-7-13-18-19(14)21(23(25)28-18)26(15-9-3-2-4-10-15)20-16-11-5-6-12-17(16)27-22(20)24/h2-7,9-14H,8H2,1H3. The predicted octanol–water partition coefficient (Wildman–Crippen LogP) is 9.48. The van der Waals surface area contributed by atoms with Gasteiger partial charge in [0, 0.05) is 20.7 Å². The van der Waals surface area contributed by atoms with Crippen LogP contribution in [-0.2, 0) is 0 Å². The molecular formula is C23H17Br2NS2. The molecule has 140 valence electrons. The molecule has 2 heterocycles. The monoisotopic (exact) mass is 529 g/mol. The van der Waals surface area contributed by atoms with Crippen molar-refractivity contribution in [1.29, 1.82) is 0 Å². The Balaban J connectivity index is 1.85. The minimum absolute atomic E-state index is 0.493. The maximum Gasteiger partial charge on any atom is 0.0951 e. The molecule has 28 heavy (non-hydrogen) atoms. The van der Waals surface area contributed by atoms with Crippen LogP contribution in [0.2, 0.25) is 0 Å². The minimum Gasteiger partial charge on any atom is -0.306 e. The molecular weight excluding hydrogens is 514 g/mol. The van der Waals surface area contributed by atoms with Gasteiger partial charge in [0.15, 0.2) is 0 Å². The number of hydrogen-bond donors (Lipinski definition) is 0. The molecule has 1 unspecified atom stereocenters. The molecule has 0 N–H and O–H groups in total. The van der Waals surface area contributed by atoms with Crippen LogP contribution in [0.3, 0.4) is 0 Å². The first kappa shape index (κ1) is 18.6. The molecule has 1 atom stereocenters. The van der Waals surface area contributed by atoms with Crippen LogP contribution in [0.15, 0.2) is 68.2 Å². The fourth-order valence-corrected chi connectivity index (χ4v) is 7.69. The molecule has 2 aromatic heterocycles. The Kier molecular flexibility index (Phi) is 4.95. The van der Waals surface area contributed by atoms with Crippen molar-refractivity contribution in [2.45, 2.75) is 19.3 Å². The Hall–Kier alpha value is -1.40.